The van der Waals surface area contributed by atoms with Crippen molar-refractivity contribution in [2.45, 2.75) is 76.7 Å². The van der Waals surface area contributed by atoms with Crippen LogP contribution in [0.4, 0.5) is 14.6 Å². The topological polar surface area (TPSA) is 83.8 Å². The summed E-state index contributed by atoms with van der Waals surface area (Å²) >= 11 is 0. The number of nitrogens with zero attached hydrogens (tertiary/aromatic N) is 5. The Balaban J connectivity index is 1.18. The molecule has 0 amide bonds. The molecule has 8 nitrogen and oxygen atoms in total. The van der Waals surface area contributed by atoms with Crippen molar-refractivity contribution in [1.29, 1.82) is 0 Å². The lowest BCUT2D eigenvalue weighted by Gasteiger charge is -2.48. The van der Waals surface area contributed by atoms with Crippen molar-refractivity contribution in [1.82, 2.24) is 19.9 Å². The SMILES string of the molecule is CCc1c(F)ccc2cc(O)cc(-c3ncc4c(N5CCC[C@]6(CCO6)C5)nc(OCC5(CN(C)CC6CCCC6)CC5)nc4c3F)c12. The van der Waals surface area contributed by atoms with Crippen molar-refractivity contribution < 1.29 is 23.4 Å². The maximum absolute atomic E-state index is 16.9. The molecule has 48 heavy (non-hydrogen) atoms. The van der Waals surface area contributed by atoms with Crippen molar-refractivity contribution in [2.24, 2.45) is 11.3 Å². The van der Waals surface area contributed by atoms with E-state index in [4.69, 9.17) is 14.5 Å². The molecule has 2 saturated carbocycles. The van der Waals surface area contributed by atoms with Gasteiger partial charge in [-0.25, -0.2) is 8.78 Å². The molecule has 254 valence electrons. The Morgan fingerprint density at radius 1 is 1.08 bits per heavy atom. The van der Waals surface area contributed by atoms with Crippen LogP contribution >= 0.6 is 0 Å². The van der Waals surface area contributed by atoms with Crippen LogP contribution in [0.5, 0.6) is 11.8 Å². The maximum Gasteiger partial charge on any atom is 0.319 e. The summed E-state index contributed by atoms with van der Waals surface area (Å²) in [7, 11) is 2.21. The van der Waals surface area contributed by atoms with Crippen molar-refractivity contribution in [3.8, 4) is 23.0 Å². The van der Waals surface area contributed by atoms with Crippen LogP contribution in [0, 0.1) is 23.0 Å². The summed E-state index contributed by atoms with van der Waals surface area (Å²) in [4.78, 5) is 18.8. The molecule has 2 aliphatic heterocycles. The molecular weight excluding hydrogens is 612 g/mol. The monoisotopic (exact) mass is 657 g/mol. The number of rotatable bonds is 10. The number of aromatic hydroxyl groups is 1. The van der Waals surface area contributed by atoms with Crippen molar-refractivity contribution in [3.05, 3.63) is 47.7 Å². The van der Waals surface area contributed by atoms with Gasteiger partial charge in [-0.1, -0.05) is 25.8 Å². The fourth-order valence-corrected chi connectivity index (χ4v) is 8.55. The van der Waals surface area contributed by atoms with Crippen LogP contribution in [0.15, 0.2) is 30.5 Å². The number of benzene rings is 2. The van der Waals surface area contributed by atoms with Crippen LogP contribution in [-0.4, -0.2) is 77.0 Å². The van der Waals surface area contributed by atoms with Gasteiger partial charge in [0, 0.05) is 49.8 Å². The molecule has 2 aliphatic carbocycles. The quantitative estimate of drug-likeness (QED) is 0.189. The molecule has 2 aromatic carbocycles. The second-order valence-corrected chi connectivity index (χ2v) is 14.9. The first-order valence-corrected chi connectivity index (χ1v) is 17.8. The molecule has 8 rings (SSSR count). The van der Waals surface area contributed by atoms with Gasteiger partial charge in [0.05, 0.1) is 24.2 Å². The number of phenols is 1. The Morgan fingerprint density at radius 3 is 2.62 bits per heavy atom. The van der Waals surface area contributed by atoms with Gasteiger partial charge in [-0.2, -0.15) is 9.97 Å². The van der Waals surface area contributed by atoms with Gasteiger partial charge in [0.15, 0.2) is 5.82 Å². The summed E-state index contributed by atoms with van der Waals surface area (Å²) < 4.78 is 44.4. The zero-order chi connectivity index (χ0) is 33.0. The summed E-state index contributed by atoms with van der Waals surface area (Å²) in [5.41, 5.74) is 0.718. The number of hydrogen-bond donors (Lipinski definition) is 1. The lowest BCUT2D eigenvalue weighted by molar-refractivity contribution is -0.151. The van der Waals surface area contributed by atoms with Crippen LogP contribution in [0.2, 0.25) is 0 Å². The van der Waals surface area contributed by atoms with Gasteiger partial charge < -0.3 is 24.4 Å². The second kappa shape index (κ2) is 12.4. The molecule has 0 unspecified atom stereocenters. The molecule has 2 saturated heterocycles. The third kappa shape index (κ3) is 5.85. The van der Waals surface area contributed by atoms with Crippen molar-refractivity contribution in [2.75, 3.05) is 51.3 Å². The highest BCUT2D eigenvalue weighted by atomic mass is 19.1. The minimum absolute atomic E-state index is 0.00365. The van der Waals surface area contributed by atoms with E-state index in [1.165, 1.54) is 37.8 Å². The average Bonchev–Trinajstić information content (AvgIpc) is 3.63. The summed E-state index contributed by atoms with van der Waals surface area (Å²) in [5.74, 6) is 0.296. The summed E-state index contributed by atoms with van der Waals surface area (Å²) in [6, 6.07) is 6.16. The van der Waals surface area contributed by atoms with Crippen molar-refractivity contribution in [3.63, 3.8) is 0 Å². The Labute approximate surface area is 280 Å². The first-order valence-electron chi connectivity index (χ1n) is 17.8. The van der Waals surface area contributed by atoms with E-state index < -0.39 is 5.82 Å². The maximum atomic E-state index is 16.9. The number of pyridine rings is 1. The third-order valence-corrected chi connectivity index (χ3v) is 11.3. The predicted octanol–water partition coefficient (Wildman–Crippen LogP) is 7.43. The number of piperidine rings is 1. The zero-order valence-corrected chi connectivity index (χ0v) is 28.0. The normalized spacial score (nSPS) is 22.2. The molecule has 10 heteroatoms. The van der Waals surface area contributed by atoms with Gasteiger partial charge in [-0.3, -0.25) is 4.98 Å². The molecule has 4 aliphatic rings. The Bertz CT molecular complexity index is 1850. The first-order chi connectivity index (χ1) is 23.3. The Kier molecular flexibility index (Phi) is 8.14. The molecule has 4 heterocycles. The molecule has 1 N–H and O–H groups in total. The summed E-state index contributed by atoms with van der Waals surface area (Å²) in [6.07, 6.45) is 12.4. The van der Waals surface area contributed by atoms with Crippen LogP contribution in [-0.2, 0) is 11.2 Å². The standard InChI is InChI=1S/C38H45F2N5O3/c1-3-27-30(39)10-9-25-17-26(46)18-28(31(25)27)33-32(40)34-29(19-41-33)35(45-15-6-11-38(22-45)14-16-48-38)43-36(42-34)47-23-37(12-13-37)21-44(2)20-24-7-4-5-8-24/h9-10,17-19,24,46H,3-8,11-16,20-23H2,1-2H3/t38-/m0/s1. The van der Waals surface area contributed by atoms with Crippen LogP contribution in [0.25, 0.3) is 32.9 Å². The summed E-state index contributed by atoms with van der Waals surface area (Å²) in [5, 5.41) is 12.3. The minimum Gasteiger partial charge on any atom is -0.508 e. The smallest absolute Gasteiger partial charge is 0.319 e. The highest BCUT2D eigenvalue weighted by Gasteiger charge is 2.45. The van der Waals surface area contributed by atoms with Gasteiger partial charge in [0.25, 0.3) is 0 Å². The van der Waals surface area contributed by atoms with Crippen LogP contribution in [0.3, 0.4) is 0 Å². The Morgan fingerprint density at radius 2 is 1.90 bits per heavy atom. The lowest BCUT2D eigenvalue weighted by atomic mass is 9.86. The van der Waals surface area contributed by atoms with E-state index in [0.717, 1.165) is 64.3 Å². The zero-order valence-electron chi connectivity index (χ0n) is 28.0. The predicted molar refractivity (Wildman–Crippen MR) is 183 cm³/mol. The highest BCUT2D eigenvalue weighted by molar-refractivity contribution is 6.01. The van der Waals surface area contributed by atoms with Gasteiger partial charge in [0.1, 0.15) is 28.6 Å². The number of aromatic nitrogens is 3. The largest absolute Gasteiger partial charge is 0.508 e. The van der Waals surface area contributed by atoms with Gasteiger partial charge in [-0.15, -0.1) is 0 Å². The van der Waals surface area contributed by atoms with E-state index in [9.17, 15) is 5.11 Å². The van der Waals surface area contributed by atoms with E-state index >= 15 is 8.78 Å². The average molecular weight is 658 g/mol. The van der Waals surface area contributed by atoms with Gasteiger partial charge >= 0.3 is 6.01 Å². The number of aryl methyl sites for hydroxylation is 1. The lowest BCUT2D eigenvalue weighted by Crippen LogP contribution is -2.56. The number of anilines is 1. The van der Waals surface area contributed by atoms with Crippen LogP contribution < -0.4 is 9.64 Å². The van der Waals surface area contributed by atoms with Gasteiger partial charge in [-0.05, 0) is 92.4 Å². The highest BCUT2D eigenvalue weighted by Crippen LogP contribution is 2.47. The molecular formula is C38H45F2N5O3. The van der Waals surface area contributed by atoms with E-state index in [1.807, 2.05) is 6.92 Å². The third-order valence-electron chi connectivity index (χ3n) is 11.3. The van der Waals surface area contributed by atoms with Crippen molar-refractivity contribution >= 4 is 27.5 Å². The second-order valence-electron chi connectivity index (χ2n) is 14.9. The minimum atomic E-state index is -0.650. The Hall–Kier alpha value is -3.63. The number of phenolic OH excluding ortho intramolecular Hbond substituents is 1. The van der Waals surface area contributed by atoms with E-state index in [-0.39, 0.29) is 39.8 Å². The number of hydrogen-bond acceptors (Lipinski definition) is 8. The summed E-state index contributed by atoms with van der Waals surface area (Å²) in [6.45, 7) is 6.57. The molecule has 2 aromatic heterocycles. The molecule has 1 spiro atoms. The van der Waals surface area contributed by atoms with E-state index in [2.05, 4.69) is 26.8 Å². The molecule has 4 aromatic rings. The number of fused-ring (bicyclic) bond motifs is 2. The van der Waals surface area contributed by atoms with E-state index in [1.54, 1.807) is 18.3 Å². The van der Waals surface area contributed by atoms with Gasteiger partial charge in [0.2, 0.25) is 0 Å². The molecule has 4 fully saturated rings. The fourth-order valence-electron chi connectivity index (χ4n) is 8.55. The first kappa shape index (κ1) is 31.6. The molecule has 0 radical (unpaired) electrons. The number of halogens is 2. The van der Waals surface area contributed by atoms with E-state index in [0.29, 0.717) is 52.7 Å². The number of ether oxygens (including phenoxy) is 2. The van der Waals surface area contributed by atoms with Crippen LogP contribution in [0.1, 0.15) is 70.3 Å². The fraction of sp³-hybridized carbons (Fsp3) is 0.553. The molecule has 0 bridgehead atoms. The molecule has 1 atom stereocenters.